The molecule has 5 heteroatoms. The van der Waals surface area contributed by atoms with Gasteiger partial charge in [-0.25, -0.2) is 4.98 Å². The summed E-state index contributed by atoms with van der Waals surface area (Å²) in [5.41, 5.74) is 2.24. The predicted molar refractivity (Wildman–Crippen MR) is 71.5 cm³/mol. The highest BCUT2D eigenvalue weighted by Gasteiger charge is 2.02. The van der Waals surface area contributed by atoms with Crippen molar-refractivity contribution in [3.63, 3.8) is 0 Å². The smallest absolute Gasteiger partial charge is 0.216 e. The van der Waals surface area contributed by atoms with Crippen molar-refractivity contribution in [3.8, 4) is 0 Å². The number of aryl methyl sites for hydroxylation is 1. The molecule has 0 aliphatic heterocycles. The van der Waals surface area contributed by atoms with Crippen LogP contribution in [0.1, 0.15) is 12.5 Å². The van der Waals surface area contributed by atoms with Crippen LogP contribution >= 0.6 is 11.3 Å². The van der Waals surface area contributed by atoms with Crippen LogP contribution in [0.3, 0.4) is 0 Å². The van der Waals surface area contributed by atoms with Gasteiger partial charge in [-0.2, -0.15) is 0 Å². The van der Waals surface area contributed by atoms with Crippen molar-refractivity contribution in [2.75, 3.05) is 18.4 Å². The summed E-state index contributed by atoms with van der Waals surface area (Å²) < 4.78 is 1.18. The van der Waals surface area contributed by atoms with Gasteiger partial charge >= 0.3 is 0 Å². The number of hydrogen-bond donors (Lipinski definition) is 2. The number of anilines is 1. The molecular weight excluding hydrogens is 234 g/mol. The normalized spacial score (nSPS) is 10.5. The Morgan fingerprint density at radius 3 is 3.00 bits per heavy atom. The molecule has 0 fully saturated rings. The van der Waals surface area contributed by atoms with Gasteiger partial charge in [-0.05, 0) is 24.6 Å². The second-order valence-electron chi connectivity index (χ2n) is 3.90. The number of aromatic nitrogens is 1. The summed E-state index contributed by atoms with van der Waals surface area (Å²) in [6.45, 7) is 4.88. The lowest BCUT2D eigenvalue weighted by molar-refractivity contribution is -0.118. The SMILES string of the molecule is CC(=O)NCCNc1nc2cc(C)ccc2s1. The van der Waals surface area contributed by atoms with Gasteiger partial charge in [0.25, 0.3) is 0 Å². The van der Waals surface area contributed by atoms with Crippen LogP contribution in [-0.2, 0) is 4.79 Å². The maximum atomic E-state index is 10.7. The van der Waals surface area contributed by atoms with E-state index in [1.165, 1.54) is 17.2 Å². The molecule has 1 aromatic carbocycles. The van der Waals surface area contributed by atoms with Gasteiger partial charge in [0.1, 0.15) is 0 Å². The van der Waals surface area contributed by atoms with Crippen LogP contribution in [-0.4, -0.2) is 24.0 Å². The van der Waals surface area contributed by atoms with Crippen LogP contribution in [0.4, 0.5) is 5.13 Å². The molecule has 0 radical (unpaired) electrons. The topological polar surface area (TPSA) is 54.0 Å². The number of nitrogens with one attached hydrogen (secondary N) is 2. The van der Waals surface area contributed by atoms with Gasteiger partial charge in [-0.3, -0.25) is 4.79 Å². The third-order valence-electron chi connectivity index (χ3n) is 2.32. The average Bonchev–Trinajstić information content (AvgIpc) is 2.66. The molecule has 0 spiro atoms. The number of nitrogens with zero attached hydrogens (tertiary/aromatic N) is 1. The van der Waals surface area contributed by atoms with E-state index in [1.54, 1.807) is 11.3 Å². The molecule has 0 aliphatic carbocycles. The Morgan fingerprint density at radius 1 is 1.41 bits per heavy atom. The Labute approximate surface area is 104 Å². The van der Waals surface area contributed by atoms with Crippen LogP contribution in [0.15, 0.2) is 18.2 Å². The quantitative estimate of drug-likeness (QED) is 0.816. The van der Waals surface area contributed by atoms with Gasteiger partial charge in [0.2, 0.25) is 5.91 Å². The molecule has 0 bridgehead atoms. The Hall–Kier alpha value is -1.62. The van der Waals surface area contributed by atoms with Crippen molar-refractivity contribution >= 4 is 32.6 Å². The average molecular weight is 249 g/mol. The molecule has 4 nitrogen and oxygen atoms in total. The Bertz CT molecular complexity index is 536. The van der Waals surface area contributed by atoms with Crippen molar-refractivity contribution in [2.45, 2.75) is 13.8 Å². The fraction of sp³-hybridized carbons (Fsp3) is 0.333. The molecule has 0 atom stereocenters. The minimum absolute atomic E-state index is 0.00766. The number of carbonyl (C=O) groups excluding carboxylic acids is 1. The van der Waals surface area contributed by atoms with E-state index in [0.717, 1.165) is 10.6 Å². The maximum absolute atomic E-state index is 10.7. The molecule has 1 heterocycles. The lowest BCUT2D eigenvalue weighted by Crippen LogP contribution is -2.26. The first-order valence-corrected chi connectivity index (χ1v) is 6.32. The summed E-state index contributed by atoms with van der Waals surface area (Å²) in [6.07, 6.45) is 0. The molecule has 0 aliphatic rings. The predicted octanol–water partition coefficient (Wildman–Crippen LogP) is 2.15. The molecule has 2 rings (SSSR count). The Balaban J connectivity index is 1.97. The van der Waals surface area contributed by atoms with Crippen molar-refractivity contribution < 1.29 is 4.79 Å². The first kappa shape index (κ1) is 11.9. The minimum atomic E-state index is -0.00766. The molecule has 90 valence electrons. The number of thiazole rings is 1. The molecule has 1 aromatic heterocycles. The lowest BCUT2D eigenvalue weighted by atomic mass is 10.2. The van der Waals surface area contributed by atoms with E-state index < -0.39 is 0 Å². The molecule has 2 N–H and O–H groups in total. The summed E-state index contributed by atoms with van der Waals surface area (Å²) >= 11 is 1.63. The summed E-state index contributed by atoms with van der Waals surface area (Å²) in [5, 5.41) is 6.83. The van der Waals surface area contributed by atoms with Gasteiger partial charge in [-0.1, -0.05) is 17.4 Å². The summed E-state index contributed by atoms with van der Waals surface area (Å²) in [5.74, 6) is -0.00766. The monoisotopic (exact) mass is 249 g/mol. The first-order valence-electron chi connectivity index (χ1n) is 5.50. The summed E-state index contributed by atoms with van der Waals surface area (Å²) in [7, 11) is 0. The van der Waals surface area contributed by atoms with Crippen LogP contribution in [0, 0.1) is 6.92 Å². The summed E-state index contributed by atoms with van der Waals surface area (Å²) in [6, 6.07) is 6.24. The van der Waals surface area contributed by atoms with Crippen LogP contribution < -0.4 is 10.6 Å². The van der Waals surface area contributed by atoms with Crippen LogP contribution in [0.25, 0.3) is 10.2 Å². The zero-order valence-corrected chi connectivity index (χ0v) is 10.7. The second kappa shape index (κ2) is 5.14. The third-order valence-corrected chi connectivity index (χ3v) is 3.31. The second-order valence-corrected chi connectivity index (χ2v) is 4.93. The molecule has 0 saturated carbocycles. The molecule has 1 amide bonds. The van der Waals surface area contributed by atoms with E-state index in [4.69, 9.17) is 0 Å². The van der Waals surface area contributed by atoms with E-state index in [-0.39, 0.29) is 5.91 Å². The molecule has 17 heavy (non-hydrogen) atoms. The van der Waals surface area contributed by atoms with Gasteiger partial charge in [-0.15, -0.1) is 0 Å². The van der Waals surface area contributed by atoms with Crippen molar-refractivity contribution in [3.05, 3.63) is 23.8 Å². The molecule has 0 saturated heterocycles. The van der Waals surface area contributed by atoms with Crippen LogP contribution in [0.5, 0.6) is 0 Å². The van der Waals surface area contributed by atoms with E-state index in [0.29, 0.717) is 13.1 Å². The first-order chi connectivity index (χ1) is 8.15. The number of benzene rings is 1. The van der Waals surface area contributed by atoms with Gasteiger partial charge in [0, 0.05) is 20.0 Å². The minimum Gasteiger partial charge on any atom is -0.360 e. The highest BCUT2D eigenvalue weighted by molar-refractivity contribution is 7.22. The van der Waals surface area contributed by atoms with Gasteiger partial charge in [0.15, 0.2) is 5.13 Å². The lowest BCUT2D eigenvalue weighted by Gasteiger charge is -2.02. The van der Waals surface area contributed by atoms with Crippen molar-refractivity contribution in [1.29, 1.82) is 0 Å². The Kier molecular flexibility index (Phi) is 3.58. The zero-order valence-electron chi connectivity index (χ0n) is 9.91. The molecule has 0 unspecified atom stereocenters. The van der Waals surface area contributed by atoms with E-state index in [9.17, 15) is 4.79 Å². The van der Waals surface area contributed by atoms with E-state index in [2.05, 4.69) is 40.7 Å². The maximum Gasteiger partial charge on any atom is 0.216 e. The van der Waals surface area contributed by atoms with E-state index in [1.807, 2.05) is 0 Å². The number of fused-ring (bicyclic) bond motifs is 1. The number of rotatable bonds is 4. The zero-order chi connectivity index (χ0) is 12.3. The van der Waals surface area contributed by atoms with Crippen molar-refractivity contribution in [1.82, 2.24) is 10.3 Å². The number of amides is 1. The van der Waals surface area contributed by atoms with Crippen LogP contribution in [0.2, 0.25) is 0 Å². The fourth-order valence-corrected chi connectivity index (χ4v) is 2.39. The molecular formula is C12H15N3OS. The van der Waals surface area contributed by atoms with Gasteiger partial charge in [0.05, 0.1) is 10.2 Å². The Morgan fingerprint density at radius 2 is 2.24 bits per heavy atom. The highest BCUT2D eigenvalue weighted by atomic mass is 32.1. The molecule has 2 aromatic rings. The number of hydrogen-bond acceptors (Lipinski definition) is 4. The summed E-state index contributed by atoms with van der Waals surface area (Å²) in [4.78, 5) is 15.2. The number of carbonyl (C=O) groups is 1. The van der Waals surface area contributed by atoms with Crippen molar-refractivity contribution in [2.24, 2.45) is 0 Å². The standard InChI is InChI=1S/C12H15N3OS/c1-8-3-4-11-10(7-8)15-12(17-11)14-6-5-13-9(2)16/h3-4,7H,5-6H2,1-2H3,(H,13,16)(H,14,15). The fourth-order valence-electron chi connectivity index (χ4n) is 1.52. The highest BCUT2D eigenvalue weighted by Crippen LogP contribution is 2.26. The van der Waals surface area contributed by atoms with E-state index >= 15 is 0 Å². The largest absolute Gasteiger partial charge is 0.360 e. The third kappa shape index (κ3) is 3.17. The van der Waals surface area contributed by atoms with Gasteiger partial charge < -0.3 is 10.6 Å².